The quantitative estimate of drug-likeness (QED) is 0.627. The van der Waals surface area contributed by atoms with Crippen LogP contribution in [-0.4, -0.2) is 50.2 Å². The van der Waals surface area contributed by atoms with Gasteiger partial charge in [0, 0.05) is 13.2 Å². The van der Waals surface area contributed by atoms with Crippen molar-refractivity contribution in [2.24, 2.45) is 0 Å². The fourth-order valence-corrected chi connectivity index (χ4v) is 1.49. The van der Waals surface area contributed by atoms with Gasteiger partial charge in [0.25, 0.3) is 0 Å². The second-order valence-corrected chi connectivity index (χ2v) is 3.44. The molecule has 1 rings (SSSR count). The molecule has 13 heavy (non-hydrogen) atoms. The fourth-order valence-electron chi connectivity index (χ4n) is 1.49. The molecule has 4 nitrogen and oxygen atoms in total. The average molecular weight is 189 g/mol. The first-order chi connectivity index (χ1) is 6.27. The van der Waals surface area contributed by atoms with Crippen molar-refractivity contribution in [2.75, 3.05) is 26.9 Å². The number of aliphatic hydroxyl groups is 1. The van der Waals surface area contributed by atoms with Crippen molar-refractivity contribution in [1.82, 2.24) is 5.32 Å². The van der Waals surface area contributed by atoms with Crippen LogP contribution in [0.2, 0.25) is 0 Å². The Morgan fingerprint density at radius 1 is 1.62 bits per heavy atom. The van der Waals surface area contributed by atoms with Crippen molar-refractivity contribution in [2.45, 2.75) is 31.5 Å². The van der Waals surface area contributed by atoms with E-state index in [1.165, 1.54) is 0 Å². The summed E-state index contributed by atoms with van der Waals surface area (Å²) in [6.07, 6.45) is 0.628. The average Bonchev–Trinajstić information content (AvgIpc) is 2.51. The van der Waals surface area contributed by atoms with Crippen LogP contribution in [0.5, 0.6) is 0 Å². The first-order valence-corrected chi connectivity index (χ1v) is 4.78. The molecule has 0 bridgehead atoms. The van der Waals surface area contributed by atoms with Crippen molar-refractivity contribution >= 4 is 0 Å². The highest BCUT2D eigenvalue weighted by molar-refractivity contribution is 4.83. The van der Waals surface area contributed by atoms with E-state index in [4.69, 9.17) is 9.47 Å². The number of ether oxygens (including phenoxy) is 2. The molecule has 3 unspecified atom stereocenters. The maximum absolute atomic E-state index is 9.47. The maximum Gasteiger partial charge on any atom is 0.0948 e. The van der Waals surface area contributed by atoms with Gasteiger partial charge in [-0.25, -0.2) is 0 Å². The van der Waals surface area contributed by atoms with Gasteiger partial charge in [0.15, 0.2) is 0 Å². The van der Waals surface area contributed by atoms with Gasteiger partial charge in [-0.1, -0.05) is 6.92 Å². The zero-order valence-electron chi connectivity index (χ0n) is 8.32. The van der Waals surface area contributed by atoms with Crippen LogP contribution in [0, 0.1) is 0 Å². The SMILES string of the molecule is CCC(COC)NC1COCC1O. The van der Waals surface area contributed by atoms with Crippen molar-refractivity contribution in [1.29, 1.82) is 0 Å². The number of methoxy groups -OCH3 is 1. The molecule has 0 aliphatic carbocycles. The van der Waals surface area contributed by atoms with Gasteiger partial charge in [0.05, 0.1) is 32.0 Å². The number of hydrogen-bond acceptors (Lipinski definition) is 4. The molecule has 3 atom stereocenters. The van der Waals surface area contributed by atoms with E-state index in [-0.39, 0.29) is 12.1 Å². The molecule has 0 amide bonds. The standard InChI is InChI=1S/C9H19NO3/c1-3-7(4-12-2)10-8-5-13-6-9(8)11/h7-11H,3-6H2,1-2H3. The summed E-state index contributed by atoms with van der Waals surface area (Å²) in [5.74, 6) is 0. The molecule has 1 fully saturated rings. The molecule has 78 valence electrons. The Labute approximate surface area is 79.2 Å². The van der Waals surface area contributed by atoms with E-state index >= 15 is 0 Å². The van der Waals surface area contributed by atoms with E-state index in [1.807, 2.05) is 0 Å². The predicted octanol–water partition coefficient (Wildman–Crippen LogP) is -0.239. The third-order valence-electron chi connectivity index (χ3n) is 2.36. The number of nitrogens with one attached hydrogen (secondary N) is 1. The summed E-state index contributed by atoms with van der Waals surface area (Å²) in [7, 11) is 1.69. The van der Waals surface area contributed by atoms with Gasteiger partial charge in [-0.2, -0.15) is 0 Å². The number of rotatable bonds is 5. The zero-order chi connectivity index (χ0) is 9.68. The van der Waals surface area contributed by atoms with Crippen LogP contribution in [0.25, 0.3) is 0 Å². The highest BCUT2D eigenvalue weighted by Gasteiger charge is 2.27. The van der Waals surface area contributed by atoms with Gasteiger partial charge in [0.1, 0.15) is 0 Å². The molecule has 0 saturated carbocycles. The Bertz CT molecular complexity index is 143. The lowest BCUT2D eigenvalue weighted by Gasteiger charge is -2.22. The molecule has 0 aromatic carbocycles. The van der Waals surface area contributed by atoms with Crippen molar-refractivity contribution in [3.8, 4) is 0 Å². The van der Waals surface area contributed by atoms with Crippen LogP contribution in [0.3, 0.4) is 0 Å². The Hall–Kier alpha value is -0.160. The third-order valence-corrected chi connectivity index (χ3v) is 2.36. The minimum atomic E-state index is -0.370. The van der Waals surface area contributed by atoms with Crippen molar-refractivity contribution in [3.63, 3.8) is 0 Å². The Morgan fingerprint density at radius 2 is 2.38 bits per heavy atom. The first kappa shape index (κ1) is 10.9. The molecule has 0 aromatic heterocycles. The van der Waals surface area contributed by atoms with Crippen LogP contribution < -0.4 is 5.32 Å². The minimum Gasteiger partial charge on any atom is -0.389 e. The summed E-state index contributed by atoms with van der Waals surface area (Å²) < 4.78 is 10.2. The fraction of sp³-hybridized carbons (Fsp3) is 1.00. The van der Waals surface area contributed by atoms with Crippen LogP contribution in [0.4, 0.5) is 0 Å². The summed E-state index contributed by atoms with van der Waals surface area (Å²) >= 11 is 0. The van der Waals surface area contributed by atoms with Crippen LogP contribution in [-0.2, 0) is 9.47 Å². The first-order valence-electron chi connectivity index (χ1n) is 4.78. The monoisotopic (exact) mass is 189 g/mol. The molecule has 1 saturated heterocycles. The second kappa shape index (κ2) is 5.54. The van der Waals surface area contributed by atoms with Gasteiger partial charge in [-0.05, 0) is 6.42 Å². The number of hydrogen-bond donors (Lipinski definition) is 2. The Kier molecular flexibility index (Phi) is 4.66. The summed E-state index contributed by atoms with van der Waals surface area (Å²) in [5.41, 5.74) is 0. The summed E-state index contributed by atoms with van der Waals surface area (Å²) in [6.45, 7) is 3.82. The molecule has 1 aliphatic heterocycles. The Morgan fingerprint density at radius 3 is 2.85 bits per heavy atom. The van der Waals surface area contributed by atoms with E-state index < -0.39 is 0 Å². The lowest BCUT2D eigenvalue weighted by molar-refractivity contribution is 0.114. The molecule has 0 aromatic rings. The maximum atomic E-state index is 9.47. The molecule has 2 N–H and O–H groups in total. The summed E-state index contributed by atoms with van der Waals surface area (Å²) in [6, 6.07) is 0.381. The molecular formula is C9H19NO3. The molecule has 0 radical (unpaired) electrons. The molecule has 1 aliphatic rings. The topological polar surface area (TPSA) is 50.7 Å². The van der Waals surface area contributed by atoms with Crippen LogP contribution in [0.1, 0.15) is 13.3 Å². The molecule has 1 heterocycles. The Balaban J connectivity index is 2.27. The van der Waals surface area contributed by atoms with E-state index in [9.17, 15) is 5.11 Å². The smallest absolute Gasteiger partial charge is 0.0948 e. The minimum absolute atomic E-state index is 0.0695. The van der Waals surface area contributed by atoms with Crippen LogP contribution in [0.15, 0.2) is 0 Å². The van der Waals surface area contributed by atoms with Gasteiger partial charge in [-0.15, -0.1) is 0 Å². The van der Waals surface area contributed by atoms with E-state index in [0.717, 1.165) is 6.42 Å². The van der Waals surface area contributed by atoms with Gasteiger partial charge < -0.3 is 19.9 Å². The van der Waals surface area contributed by atoms with E-state index in [2.05, 4.69) is 12.2 Å². The van der Waals surface area contributed by atoms with Gasteiger partial charge in [0.2, 0.25) is 0 Å². The zero-order valence-corrected chi connectivity index (χ0v) is 8.32. The van der Waals surface area contributed by atoms with Gasteiger partial charge >= 0.3 is 0 Å². The summed E-state index contributed by atoms with van der Waals surface area (Å²) in [4.78, 5) is 0. The lowest BCUT2D eigenvalue weighted by atomic mass is 10.1. The number of aliphatic hydroxyl groups excluding tert-OH is 1. The third kappa shape index (κ3) is 3.23. The van der Waals surface area contributed by atoms with Crippen molar-refractivity contribution < 1.29 is 14.6 Å². The molecular weight excluding hydrogens is 170 g/mol. The van der Waals surface area contributed by atoms with Gasteiger partial charge in [-0.3, -0.25) is 0 Å². The summed E-state index contributed by atoms with van der Waals surface area (Å²) in [5, 5.41) is 12.8. The second-order valence-electron chi connectivity index (χ2n) is 3.44. The largest absolute Gasteiger partial charge is 0.389 e. The molecule has 0 spiro atoms. The van der Waals surface area contributed by atoms with E-state index in [1.54, 1.807) is 7.11 Å². The van der Waals surface area contributed by atoms with E-state index in [0.29, 0.717) is 25.9 Å². The predicted molar refractivity (Wildman–Crippen MR) is 49.7 cm³/mol. The lowest BCUT2D eigenvalue weighted by Crippen LogP contribution is -2.46. The van der Waals surface area contributed by atoms with Crippen molar-refractivity contribution in [3.05, 3.63) is 0 Å². The normalized spacial score (nSPS) is 30.7. The molecule has 4 heteroatoms. The highest BCUT2D eigenvalue weighted by Crippen LogP contribution is 2.07. The highest BCUT2D eigenvalue weighted by atomic mass is 16.5. The van der Waals surface area contributed by atoms with Crippen LogP contribution >= 0.6 is 0 Å².